The molecular weight excluding hydrogens is 568 g/mol. The molecule has 0 radical (unpaired) electrons. The van der Waals surface area contributed by atoms with Gasteiger partial charge in [-0.25, -0.2) is 0 Å². The molecule has 3 aliphatic heterocycles. The van der Waals surface area contributed by atoms with Gasteiger partial charge in [0.1, 0.15) is 24.0 Å². The number of fused-ring (bicyclic) bond motifs is 1. The van der Waals surface area contributed by atoms with E-state index in [1.54, 1.807) is 0 Å². The van der Waals surface area contributed by atoms with Crippen LogP contribution in [0.1, 0.15) is 57.8 Å². The molecule has 6 bridgehead atoms. The maximum atomic E-state index is 13.7. The van der Waals surface area contributed by atoms with Crippen molar-refractivity contribution in [3.8, 4) is 0 Å². The maximum Gasteiger partial charge on any atom is 0.431 e. The molecule has 4 saturated carbocycles. The largest absolute Gasteiger partial charge is 0.465 e. The highest BCUT2D eigenvalue weighted by molar-refractivity contribution is 7.87. The fourth-order valence-corrected chi connectivity index (χ4v) is 8.88. The second-order valence-corrected chi connectivity index (χ2v) is 13.9. The van der Waals surface area contributed by atoms with Crippen molar-refractivity contribution < 1.29 is 63.9 Å². The normalized spacial score (nSPS) is 41.3. The molecule has 4 aliphatic carbocycles. The molecule has 10 nitrogen and oxygen atoms in total. The summed E-state index contributed by atoms with van der Waals surface area (Å²) in [5.74, 6) is -7.66. The minimum absolute atomic E-state index is 0.327. The van der Waals surface area contributed by atoms with Crippen LogP contribution in [0.25, 0.3) is 0 Å². The van der Waals surface area contributed by atoms with E-state index in [2.05, 4.69) is 0 Å². The van der Waals surface area contributed by atoms with Crippen LogP contribution in [0.3, 0.4) is 0 Å². The number of carbonyl (C=O) groups excluding carboxylic acids is 3. The van der Waals surface area contributed by atoms with Gasteiger partial charge in [-0.2, -0.15) is 26.0 Å². The van der Waals surface area contributed by atoms with Gasteiger partial charge in [0.2, 0.25) is 0 Å². The number of hydrogen-bond donors (Lipinski definition) is 1. The third-order valence-electron chi connectivity index (χ3n) is 9.77. The number of alkyl halides is 4. The average molecular weight is 599 g/mol. The molecule has 6 unspecified atom stereocenters. The SMILES string of the molecule is O=C1OC2C(OC(=O)C34CC5CC(CC(C5)C3)C4)C3OC2C1C3C(=O)OCCCCC(F)(F)C(F)(F)S(=O)(=O)O. The van der Waals surface area contributed by atoms with Gasteiger partial charge in [0, 0.05) is 6.42 Å². The van der Waals surface area contributed by atoms with Gasteiger partial charge in [0.05, 0.1) is 12.0 Å². The van der Waals surface area contributed by atoms with Crippen LogP contribution in [-0.2, 0) is 43.4 Å². The number of rotatable bonds is 10. The first-order valence-corrected chi connectivity index (χ1v) is 15.0. The van der Waals surface area contributed by atoms with Crippen LogP contribution >= 0.6 is 0 Å². The summed E-state index contributed by atoms with van der Waals surface area (Å²) < 4.78 is 106. The Bertz CT molecular complexity index is 1170. The Morgan fingerprint density at radius 1 is 0.975 bits per heavy atom. The van der Waals surface area contributed by atoms with Crippen molar-refractivity contribution in [3.05, 3.63) is 0 Å². The summed E-state index contributed by atoms with van der Waals surface area (Å²) in [6.45, 7) is -0.483. The van der Waals surface area contributed by atoms with Crippen LogP contribution < -0.4 is 0 Å². The Morgan fingerprint density at radius 2 is 1.57 bits per heavy atom. The van der Waals surface area contributed by atoms with Crippen LogP contribution in [0, 0.1) is 35.0 Å². The average Bonchev–Trinajstić information content (AvgIpc) is 3.46. The molecule has 7 rings (SSSR count). The maximum absolute atomic E-state index is 13.7. The van der Waals surface area contributed by atoms with Gasteiger partial charge in [-0.3, -0.25) is 18.9 Å². The van der Waals surface area contributed by atoms with Crippen LogP contribution in [0.2, 0.25) is 0 Å². The predicted molar refractivity (Wildman–Crippen MR) is 122 cm³/mol. The zero-order valence-corrected chi connectivity index (χ0v) is 22.1. The first-order chi connectivity index (χ1) is 18.6. The lowest BCUT2D eigenvalue weighted by atomic mass is 9.49. The topological polar surface area (TPSA) is 142 Å². The molecule has 3 saturated heterocycles. The Balaban J connectivity index is 1.06. The highest BCUT2D eigenvalue weighted by atomic mass is 32.2. The first kappa shape index (κ1) is 28.1. The molecule has 0 aromatic carbocycles. The third-order valence-corrected chi connectivity index (χ3v) is 10.7. The van der Waals surface area contributed by atoms with Crippen molar-refractivity contribution in [3.63, 3.8) is 0 Å². The summed E-state index contributed by atoms with van der Waals surface area (Å²) >= 11 is 0. The molecule has 3 heterocycles. The van der Waals surface area contributed by atoms with Gasteiger partial charge in [0.25, 0.3) is 0 Å². The number of esters is 3. The van der Waals surface area contributed by atoms with Crippen molar-refractivity contribution in [1.82, 2.24) is 0 Å². The second kappa shape index (κ2) is 9.25. The van der Waals surface area contributed by atoms with Crippen molar-refractivity contribution in [1.29, 1.82) is 0 Å². The third kappa shape index (κ3) is 4.24. The predicted octanol–water partition coefficient (Wildman–Crippen LogP) is 2.88. The Morgan fingerprint density at radius 3 is 2.15 bits per heavy atom. The van der Waals surface area contributed by atoms with E-state index in [-0.39, 0.29) is 12.4 Å². The fraction of sp³-hybridized carbons (Fsp3) is 0.880. The van der Waals surface area contributed by atoms with Gasteiger partial charge in [0.15, 0.2) is 12.2 Å². The molecule has 6 atom stereocenters. The number of halogens is 4. The van der Waals surface area contributed by atoms with E-state index >= 15 is 0 Å². The summed E-state index contributed by atoms with van der Waals surface area (Å²) in [7, 11) is -6.33. The van der Waals surface area contributed by atoms with E-state index in [1.165, 1.54) is 0 Å². The van der Waals surface area contributed by atoms with Gasteiger partial charge < -0.3 is 18.9 Å². The molecule has 0 spiro atoms. The monoisotopic (exact) mass is 598 g/mol. The van der Waals surface area contributed by atoms with Crippen LogP contribution in [0.15, 0.2) is 0 Å². The van der Waals surface area contributed by atoms with E-state index in [1.807, 2.05) is 0 Å². The molecule has 1 N–H and O–H groups in total. The van der Waals surface area contributed by atoms with Crippen molar-refractivity contribution in [2.24, 2.45) is 35.0 Å². The number of hydrogen-bond acceptors (Lipinski definition) is 9. The van der Waals surface area contributed by atoms with Crippen molar-refractivity contribution in [2.45, 2.75) is 93.4 Å². The summed E-state index contributed by atoms with van der Waals surface area (Å²) in [5.41, 5.74) is -0.581. The van der Waals surface area contributed by atoms with Gasteiger partial charge >= 0.3 is 39.2 Å². The highest BCUT2D eigenvalue weighted by Gasteiger charge is 2.72. The lowest BCUT2D eigenvalue weighted by Gasteiger charge is -2.55. The Kier molecular flexibility index (Phi) is 6.51. The summed E-state index contributed by atoms with van der Waals surface area (Å²) in [6, 6.07) is 0. The Labute approximate surface area is 227 Å². The first-order valence-electron chi connectivity index (χ1n) is 13.6. The minimum atomic E-state index is -6.33. The van der Waals surface area contributed by atoms with Crippen molar-refractivity contribution >= 4 is 28.0 Å². The number of ether oxygens (including phenoxy) is 4. The lowest BCUT2D eigenvalue weighted by molar-refractivity contribution is -0.186. The molecule has 0 amide bonds. The number of unbranched alkanes of at least 4 members (excludes halogenated alkanes) is 1. The quantitative estimate of drug-likeness (QED) is 0.131. The van der Waals surface area contributed by atoms with Crippen molar-refractivity contribution in [2.75, 3.05) is 6.61 Å². The van der Waals surface area contributed by atoms with E-state index in [9.17, 15) is 40.4 Å². The smallest absolute Gasteiger partial charge is 0.431 e. The zero-order chi connectivity index (χ0) is 28.8. The number of carbonyl (C=O) groups is 3. The van der Waals surface area contributed by atoms with Crippen LogP contribution in [-0.4, -0.2) is 73.1 Å². The molecule has 0 aromatic heterocycles. The van der Waals surface area contributed by atoms with E-state index in [4.69, 9.17) is 23.5 Å². The molecule has 0 aromatic rings. The molecular formula is C25H30F4O10S. The summed E-state index contributed by atoms with van der Waals surface area (Å²) in [4.78, 5) is 39.0. The fourth-order valence-electron chi connectivity index (χ4n) is 8.40. The van der Waals surface area contributed by atoms with Gasteiger partial charge in [-0.15, -0.1) is 0 Å². The second-order valence-electron chi connectivity index (χ2n) is 12.4. The van der Waals surface area contributed by atoms with Gasteiger partial charge in [-0.05, 0) is 69.1 Å². The molecule has 7 fully saturated rings. The van der Waals surface area contributed by atoms with Crippen LogP contribution in [0.5, 0.6) is 0 Å². The van der Waals surface area contributed by atoms with E-state index < -0.39 is 94.3 Å². The lowest BCUT2D eigenvalue weighted by Crippen LogP contribution is -2.54. The standard InChI is InChI=1S/C25H30F4O10S/c26-24(27,25(28,29)40(33,34)35)3-1-2-4-36-20(30)14-15-17-18(38-21(15)31)19(16(14)37-17)39-22(32)23-8-11-5-12(9-23)7-13(6-11)10-23/h11-19H,1-10H2,(H,33,34,35). The van der Waals surface area contributed by atoms with Gasteiger partial charge in [-0.1, -0.05) is 0 Å². The summed E-state index contributed by atoms with van der Waals surface area (Å²) in [5, 5.41) is -5.67. The Hall–Kier alpha value is -2.00. The van der Waals surface area contributed by atoms with E-state index in [0.717, 1.165) is 38.5 Å². The van der Waals surface area contributed by atoms with E-state index in [0.29, 0.717) is 17.8 Å². The summed E-state index contributed by atoms with van der Waals surface area (Å²) in [6.07, 6.45) is -0.546. The zero-order valence-electron chi connectivity index (χ0n) is 21.3. The highest BCUT2D eigenvalue weighted by Crippen LogP contribution is 2.61. The minimum Gasteiger partial charge on any atom is -0.465 e. The van der Waals surface area contributed by atoms with Crippen LogP contribution in [0.4, 0.5) is 17.6 Å². The molecule has 15 heteroatoms. The molecule has 7 aliphatic rings. The molecule has 40 heavy (non-hydrogen) atoms. The molecule has 224 valence electrons.